The Balaban J connectivity index is 2.70. The van der Waals surface area contributed by atoms with Crippen molar-refractivity contribution in [2.75, 3.05) is 0 Å². The van der Waals surface area contributed by atoms with Crippen molar-refractivity contribution in [3.63, 3.8) is 0 Å². The van der Waals surface area contributed by atoms with Gasteiger partial charge in [0.05, 0.1) is 0 Å². The predicted octanol–water partition coefficient (Wildman–Crippen LogP) is 3.58. The van der Waals surface area contributed by atoms with E-state index >= 15 is 0 Å². The zero-order chi connectivity index (χ0) is 12.2. The maximum absolute atomic E-state index is 11.7. The van der Waals surface area contributed by atoms with Crippen molar-refractivity contribution in [1.82, 2.24) is 0 Å². The standard InChI is InChI=1S/C14H18O2/c1-11(10-14(2,3)4)13(15)16-12-8-6-5-7-9-12/h5-10H,1-4H3. The minimum absolute atomic E-state index is 0.0141. The van der Waals surface area contributed by atoms with Crippen LogP contribution in [0.4, 0.5) is 0 Å². The van der Waals surface area contributed by atoms with Gasteiger partial charge in [0.1, 0.15) is 5.75 Å². The van der Waals surface area contributed by atoms with Gasteiger partial charge < -0.3 is 4.74 Å². The summed E-state index contributed by atoms with van der Waals surface area (Å²) in [4.78, 5) is 11.7. The molecule has 0 spiro atoms. The number of esters is 1. The molecule has 0 heterocycles. The largest absolute Gasteiger partial charge is 0.423 e. The molecule has 0 bridgehead atoms. The predicted molar refractivity (Wildman–Crippen MR) is 65.3 cm³/mol. The van der Waals surface area contributed by atoms with E-state index in [0.29, 0.717) is 11.3 Å². The van der Waals surface area contributed by atoms with Crippen LogP contribution in [-0.2, 0) is 4.79 Å². The summed E-state index contributed by atoms with van der Waals surface area (Å²) in [6.45, 7) is 7.92. The van der Waals surface area contributed by atoms with Crippen molar-refractivity contribution < 1.29 is 9.53 Å². The third-order valence-corrected chi connectivity index (χ3v) is 1.93. The third-order valence-electron chi connectivity index (χ3n) is 1.93. The molecule has 0 saturated heterocycles. The van der Waals surface area contributed by atoms with Crippen molar-refractivity contribution in [1.29, 1.82) is 0 Å². The van der Waals surface area contributed by atoms with Gasteiger partial charge in [-0.1, -0.05) is 45.0 Å². The van der Waals surface area contributed by atoms with Gasteiger partial charge in [-0.25, -0.2) is 4.79 Å². The molecule has 0 aliphatic heterocycles. The molecule has 0 aromatic heterocycles. The average molecular weight is 218 g/mol. The van der Waals surface area contributed by atoms with E-state index in [-0.39, 0.29) is 11.4 Å². The lowest BCUT2D eigenvalue weighted by molar-refractivity contribution is -0.130. The van der Waals surface area contributed by atoms with Gasteiger partial charge in [0.25, 0.3) is 0 Å². The summed E-state index contributed by atoms with van der Waals surface area (Å²) < 4.78 is 5.21. The van der Waals surface area contributed by atoms with Crippen LogP contribution in [0, 0.1) is 5.41 Å². The summed E-state index contributed by atoms with van der Waals surface area (Å²) in [6.07, 6.45) is 1.91. The molecule has 86 valence electrons. The third kappa shape index (κ3) is 4.30. The van der Waals surface area contributed by atoms with Crippen LogP contribution in [0.25, 0.3) is 0 Å². The fourth-order valence-corrected chi connectivity index (χ4v) is 1.38. The Bertz CT molecular complexity index is 383. The fraction of sp³-hybridized carbons (Fsp3) is 0.357. The number of para-hydroxylation sites is 1. The lowest BCUT2D eigenvalue weighted by Crippen LogP contribution is -2.12. The van der Waals surface area contributed by atoms with Crippen LogP contribution in [-0.4, -0.2) is 5.97 Å². The molecule has 1 aromatic rings. The highest BCUT2D eigenvalue weighted by molar-refractivity contribution is 5.89. The van der Waals surface area contributed by atoms with Crippen LogP contribution in [0.3, 0.4) is 0 Å². The zero-order valence-electron chi connectivity index (χ0n) is 10.3. The molecule has 0 atom stereocenters. The van der Waals surface area contributed by atoms with E-state index in [1.165, 1.54) is 0 Å². The number of ether oxygens (including phenoxy) is 1. The molecular formula is C14H18O2. The summed E-state index contributed by atoms with van der Waals surface area (Å²) in [5.41, 5.74) is 0.621. The number of benzene rings is 1. The van der Waals surface area contributed by atoms with Crippen molar-refractivity contribution in [3.8, 4) is 5.75 Å². The van der Waals surface area contributed by atoms with Gasteiger partial charge in [0, 0.05) is 5.57 Å². The number of hydrogen-bond donors (Lipinski definition) is 0. The summed E-state index contributed by atoms with van der Waals surface area (Å²) >= 11 is 0. The molecule has 2 nitrogen and oxygen atoms in total. The Kier molecular flexibility index (Phi) is 3.88. The minimum Gasteiger partial charge on any atom is -0.423 e. The highest BCUT2D eigenvalue weighted by Gasteiger charge is 2.12. The number of rotatable bonds is 2. The van der Waals surface area contributed by atoms with E-state index in [9.17, 15) is 4.79 Å². The summed E-state index contributed by atoms with van der Waals surface area (Å²) in [5.74, 6) is 0.287. The maximum atomic E-state index is 11.7. The first kappa shape index (κ1) is 12.5. The van der Waals surface area contributed by atoms with Crippen LogP contribution in [0.15, 0.2) is 42.0 Å². The Morgan fingerprint density at radius 1 is 1.19 bits per heavy atom. The second kappa shape index (κ2) is 4.97. The molecule has 0 saturated carbocycles. The lowest BCUT2D eigenvalue weighted by atomic mass is 9.94. The van der Waals surface area contributed by atoms with Gasteiger partial charge in [0.2, 0.25) is 0 Å². The SMILES string of the molecule is CC(=CC(C)(C)C)C(=O)Oc1ccccc1. The fourth-order valence-electron chi connectivity index (χ4n) is 1.38. The van der Waals surface area contributed by atoms with Gasteiger partial charge in [0.15, 0.2) is 0 Å². The van der Waals surface area contributed by atoms with Crippen molar-refractivity contribution in [3.05, 3.63) is 42.0 Å². The maximum Gasteiger partial charge on any atom is 0.338 e. The highest BCUT2D eigenvalue weighted by atomic mass is 16.5. The van der Waals surface area contributed by atoms with Gasteiger partial charge in [-0.2, -0.15) is 0 Å². The van der Waals surface area contributed by atoms with Crippen molar-refractivity contribution in [2.45, 2.75) is 27.7 Å². The first-order chi connectivity index (χ1) is 7.38. The summed E-state index contributed by atoms with van der Waals surface area (Å²) in [7, 11) is 0. The number of carbonyl (C=O) groups excluding carboxylic acids is 1. The van der Waals surface area contributed by atoms with Crippen LogP contribution in [0.1, 0.15) is 27.7 Å². The van der Waals surface area contributed by atoms with Crippen molar-refractivity contribution in [2.24, 2.45) is 5.41 Å². The van der Waals surface area contributed by atoms with E-state index in [0.717, 1.165) is 0 Å². The molecule has 2 heteroatoms. The van der Waals surface area contributed by atoms with Crippen LogP contribution >= 0.6 is 0 Å². The number of hydrogen-bond acceptors (Lipinski definition) is 2. The molecule has 0 fully saturated rings. The van der Waals surface area contributed by atoms with E-state index in [4.69, 9.17) is 4.74 Å². The quantitative estimate of drug-likeness (QED) is 0.431. The smallest absolute Gasteiger partial charge is 0.338 e. The van der Waals surface area contributed by atoms with Gasteiger partial charge in [-0.15, -0.1) is 0 Å². The summed E-state index contributed by atoms with van der Waals surface area (Å²) in [6, 6.07) is 9.09. The van der Waals surface area contributed by atoms with E-state index in [1.54, 1.807) is 19.1 Å². The average Bonchev–Trinajstić information content (AvgIpc) is 2.16. The molecule has 1 aromatic carbocycles. The van der Waals surface area contributed by atoms with Crippen molar-refractivity contribution >= 4 is 5.97 Å². The molecule has 0 amide bonds. The molecule has 0 aliphatic rings. The van der Waals surface area contributed by atoms with E-state index in [1.807, 2.05) is 45.0 Å². The molecular weight excluding hydrogens is 200 g/mol. The zero-order valence-corrected chi connectivity index (χ0v) is 10.3. The van der Waals surface area contributed by atoms with Crippen LogP contribution in [0.2, 0.25) is 0 Å². The van der Waals surface area contributed by atoms with Gasteiger partial charge in [-0.05, 0) is 24.5 Å². The molecule has 1 rings (SSSR count). The van der Waals surface area contributed by atoms with Gasteiger partial charge in [-0.3, -0.25) is 0 Å². The molecule has 0 radical (unpaired) electrons. The molecule has 16 heavy (non-hydrogen) atoms. The topological polar surface area (TPSA) is 26.3 Å². The normalized spacial score (nSPS) is 12.4. The minimum atomic E-state index is -0.291. The first-order valence-electron chi connectivity index (χ1n) is 5.35. The second-order valence-electron chi connectivity index (χ2n) is 4.90. The Morgan fingerprint density at radius 3 is 2.25 bits per heavy atom. The number of carbonyl (C=O) groups is 1. The monoisotopic (exact) mass is 218 g/mol. The van der Waals surface area contributed by atoms with E-state index in [2.05, 4.69) is 0 Å². The van der Waals surface area contributed by atoms with Crippen LogP contribution < -0.4 is 4.74 Å². The second-order valence-corrected chi connectivity index (χ2v) is 4.90. The van der Waals surface area contributed by atoms with E-state index < -0.39 is 0 Å². The highest BCUT2D eigenvalue weighted by Crippen LogP contribution is 2.18. The Hall–Kier alpha value is -1.57. The lowest BCUT2D eigenvalue weighted by Gasteiger charge is -2.13. The summed E-state index contributed by atoms with van der Waals surface area (Å²) in [5, 5.41) is 0. The Labute approximate surface area is 96.9 Å². The van der Waals surface area contributed by atoms with Crippen LogP contribution in [0.5, 0.6) is 5.75 Å². The Morgan fingerprint density at radius 2 is 1.75 bits per heavy atom. The molecule has 0 N–H and O–H groups in total. The van der Waals surface area contributed by atoms with Gasteiger partial charge >= 0.3 is 5.97 Å². The molecule has 0 aliphatic carbocycles. The number of allylic oxidation sites excluding steroid dienone is 1. The first-order valence-corrected chi connectivity index (χ1v) is 5.35. The molecule has 0 unspecified atom stereocenters.